The van der Waals surface area contributed by atoms with Gasteiger partial charge in [-0.05, 0) is 43.1 Å². The predicted molar refractivity (Wildman–Crippen MR) is 109 cm³/mol. The predicted octanol–water partition coefficient (Wildman–Crippen LogP) is 2.62. The molecule has 0 radical (unpaired) electrons. The van der Waals surface area contributed by atoms with Gasteiger partial charge in [-0.25, -0.2) is 9.18 Å². The zero-order chi connectivity index (χ0) is 20.6. The summed E-state index contributed by atoms with van der Waals surface area (Å²) in [7, 11) is 1.82. The number of hydrogen-bond donors (Lipinski definition) is 2. The number of alkyl halides is 1. The van der Waals surface area contributed by atoms with Gasteiger partial charge in [-0.3, -0.25) is 4.68 Å². The summed E-state index contributed by atoms with van der Waals surface area (Å²) in [5.74, 6) is 0.814. The second-order valence-electron chi connectivity index (χ2n) is 7.34. The molecule has 29 heavy (non-hydrogen) atoms. The van der Waals surface area contributed by atoms with Crippen LogP contribution in [0.15, 0.2) is 36.5 Å². The van der Waals surface area contributed by atoms with Crippen molar-refractivity contribution in [2.75, 3.05) is 19.7 Å². The van der Waals surface area contributed by atoms with Crippen LogP contribution in [-0.2, 0) is 20.1 Å². The van der Waals surface area contributed by atoms with E-state index >= 15 is 0 Å². The summed E-state index contributed by atoms with van der Waals surface area (Å²) in [5, 5.41) is 10.3. The van der Waals surface area contributed by atoms with E-state index in [1.54, 1.807) is 9.58 Å². The van der Waals surface area contributed by atoms with Crippen molar-refractivity contribution in [2.45, 2.75) is 45.1 Å². The third kappa shape index (κ3) is 5.93. The molecule has 0 bridgehead atoms. The average Bonchev–Trinajstić information content (AvgIpc) is 3.15. The SMILES string of the molecule is CCCOc1ccc(CNC(=O)N(Cc2ccn(C)n2)[C@H]2CCNC[C@H]2F)cc1. The van der Waals surface area contributed by atoms with Gasteiger partial charge in [0.1, 0.15) is 11.9 Å². The topological polar surface area (TPSA) is 71.4 Å². The van der Waals surface area contributed by atoms with Crippen molar-refractivity contribution in [3.63, 3.8) is 0 Å². The maximum Gasteiger partial charge on any atom is 0.318 e. The normalized spacial score (nSPS) is 19.0. The van der Waals surface area contributed by atoms with Gasteiger partial charge >= 0.3 is 6.03 Å². The number of halogens is 1. The van der Waals surface area contributed by atoms with Gasteiger partial charge in [-0.2, -0.15) is 5.10 Å². The van der Waals surface area contributed by atoms with Crippen LogP contribution in [0.1, 0.15) is 31.0 Å². The molecular formula is C21H30FN5O2. The van der Waals surface area contributed by atoms with E-state index in [9.17, 15) is 9.18 Å². The van der Waals surface area contributed by atoms with Crippen LogP contribution >= 0.6 is 0 Å². The van der Waals surface area contributed by atoms with Crippen molar-refractivity contribution < 1.29 is 13.9 Å². The standard InChI is InChI=1S/C21H30FN5O2/c1-3-12-29-18-6-4-16(5-7-18)13-24-21(28)27(15-17-9-11-26(2)25-17)20-8-10-23-14-19(20)22/h4-7,9,11,19-20,23H,3,8,10,12-15H2,1-2H3,(H,24,28)/t19-,20+/m1/s1. The molecule has 1 aliphatic heterocycles. The van der Waals surface area contributed by atoms with Gasteiger partial charge in [-0.15, -0.1) is 0 Å². The number of amides is 2. The fourth-order valence-electron chi connectivity index (χ4n) is 3.42. The van der Waals surface area contributed by atoms with Crippen LogP contribution in [0.25, 0.3) is 0 Å². The summed E-state index contributed by atoms with van der Waals surface area (Å²) in [6, 6.07) is 8.75. The van der Waals surface area contributed by atoms with Crippen molar-refractivity contribution in [3.05, 3.63) is 47.8 Å². The van der Waals surface area contributed by atoms with E-state index in [0.717, 1.165) is 23.4 Å². The largest absolute Gasteiger partial charge is 0.494 e. The molecule has 1 fully saturated rings. The first kappa shape index (κ1) is 21.1. The molecule has 1 saturated heterocycles. The van der Waals surface area contributed by atoms with E-state index in [1.165, 1.54) is 0 Å². The molecule has 0 saturated carbocycles. The lowest BCUT2D eigenvalue weighted by atomic mass is 10.0. The molecule has 2 atom stereocenters. The first-order valence-electron chi connectivity index (χ1n) is 10.2. The highest BCUT2D eigenvalue weighted by Crippen LogP contribution is 2.19. The number of nitrogens with zero attached hydrogens (tertiary/aromatic N) is 3. The van der Waals surface area contributed by atoms with Crippen LogP contribution in [0.2, 0.25) is 0 Å². The average molecular weight is 404 g/mol. The van der Waals surface area contributed by atoms with Crippen LogP contribution in [0, 0.1) is 0 Å². The Morgan fingerprint density at radius 3 is 2.83 bits per heavy atom. The second-order valence-corrected chi connectivity index (χ2v) is 7.34. The summed E-state index contributed by atoms with van der Waals surface area (Å²) >= 11 is 0. The molecule has 3 rings (SSSR count). The number of rotatable bonds is 8. The molecule has 158 valence electrons. The lowest BCUT2D eigenvalue weighted by Crippen LogP contribution is -2.55. The molecule has 2 aromatic rings. The molecule has 1 aliphatic rings. The van der Waals surface area contributed by atoms with E-state index in [-0.39, 0.29) is 19.1 Å². The number of urea groups is 1. The second kappa shape index (κ2) is 10.2. The Morgan fingerprint density at radius 1 is 1.38 bits per heavy atom. The van der Waals surface area contributed by atoms with E-state index in [2.05, 4.69) is 22.7 Å². The van der Waals surface area contributed by atoms with Crippen molar-refractivity contribution in [3.8, 4) is 5.75 Å². The maximum atomic E-state index is 14.6. The zero-order valence-corrected chi connectivity index (χ0v) is 17.1. The third-order valence-corrected chi connectivity index (χ3v) is 4.98. The number of nitrogens with one attached hydrogen (secondary N) is 2. The summed E-state index contributed by atoms with van der Waals surface area (Å²) in [6.07, 6.45) is 2.25. The molecule has 2 heterocycles. The van der Waals surface area contributed by atoms with Crippen LogP contribution < -0.4 is 15.4 Å². The Balaban J connectivity index is 1.64. The molecule has 7 nitrogen and oxygen atoms in total. The molecular weight excluding hydrogens is 373 g/mol. The lowest BCUT2D eigenvalue weighted by Gasteiger charge is -2.36. The van der Waals surface area contributed by atoms with Gasteiger partial charge in [0.05, 0.1) is 24.9 Å². The number of aromatic nitrogens is 2. The summed E-state index contributed by atoms with van der Waals surface area (Å²) in [4.78, 5) is 14.5. The molecule has 0 spiro atoms. The number of carbonyl (C=O) groups excluding carboxylic acids is 1. The Hall–Kier alpha value is -2.61. The molecule has 8 heteroatoms. The minimum atomic E-state index is -1.10. The van der Waals surface area contributed by atoms with Crippen LogP contribution in [0.3, 0.4) is 0 Å². The minimum absolute atomic E-state index is 0.260. The highest BCUT2D eigenvalue weighted by atomic mass is 19.1. The van der Waals surface area contributed by atoms with Crippen LogP contribution in [0.4, 0.5) is 9.18 Å². The van der Waals surface area contributed by atoms with Gasteiger partial charge in [-0.1, -0.05) is 19.1 Å². The highest BCUT2D eigenvalue weighted by Gasteiger charge is 2.33. The van der Waals surface area contributed by atoms with E-state index < -0.39 is 12.2 Å². The fourth-order valence-corrected chi connectivity index (χ4v) is 3.42. The summed E-state index contributed by atoms with van der Waals surface area (Å²) in [5.41, 5.74) is 1.70. The van der Waals surface area contributed by atoms with E-state index in [0.29, 0.717) is 26.1 Å². The quantitative estimate of drug-likeness (QED) is 0.711. The molecule has 0 unspecified atom stereocenters. The number of ether oxygens (including phenoxy) is 1. The number of carbonyl (C=O) groups is 1. The van der Waals surface area contributed by atoms with Crippen LogP contribution in [-0.4, -0.2) is 52.6 Å². The number of benzene rings is 1. The fraction of sp³-hybridized carbons (Fsp3) is 0.524. The van der Waals surface area contributed by atoms with Crippen molar-refractivity contribution >= 4 is 6.03 Å². The van der Waals surface area contributed by atoms with Gasteiger partial charge in [0.15, 0.2) is 0 Å². The highest BCUT2D eigenvalue weighted by molar-refractivity contribution is 5.74. The first-order valence-corrected chi connectivity index (χ1v) is 10.2. The Bertz CT molecular complexity index is 780. The number of aryl methyl sites for hydroxylation is 1. The number of piperidine rings is 1. The molecule has 2 amide bonds. The summed E-state index contributed by atoms with van der Waals surface area (Å²) in [6.45, 7) is 4.34. The van der Waals surface area contributed by atoms with Crippen molar-refractivity contribution in [1.82, 2.24) is 25.3 Å². The lowest BCUT2D eigenvalue weighted by molar-refractivity contribution is 0.0962. The van der Waals surface area contributed by atoms with Gasteiger partial charge in [0.25, 0.3) is 0 Å². The molecule has 2 N–H and O–H groups in total. The Labute approximate surface area is 171 Å². The smallest absolute Gasteiger partial charge is 0.318 e. The zero-order valence-electron chi connectivity index (χ0n) is 17.1. The van der Waals surface area contributed by atoms with Gasteiger partial charge < -0.3 is 20.3 Å². The maximum absolute atomic E-state index is 14.6. The molecule has 1 aromatic heterocycles. The van der Waals surface area contributed by atoms with Crippen molar-refractivity contribution in [2.24, 2.45) is 7.05 Å². The van der Waals surface area contributed by atoms with E-state index in [1.807, 2.05) is 43.6 Å². The third-order valence-electron chi connectivity index (χ3n) is 4.98. The Kier molecular flexibility index (Phi) is 7.46. The summed E-state index contributed by atoms with van der Waals surface area (Å²) < 4.78 is 21.8. The Morgan fingerprint density at radius 2 is 2.17 bits per heavy atom. The monoisotopic (exact) mass is 403 g/mol. The first-order chi connectivity index (χ1) is 14.1. The van der Waals surface area contributed by atoms with Gasteiger partial charge in [0, 0.05) is 26.3 Å². The van der Waals surface area contributed by atoms with E-state index in [4.69, 9.17) is 4.74 Å². The van der Waals surface area contributed by atoms with Crippen molar-refractivity contribution in [1.29, 1.82) is 0 Å². The van der Waals surface area contributed by atoms with Crippen LogP contribution in [0.5, 0.6) is 5.75 Å². The molecule has 1 aromatic carbocycles. The minimum Gasteiger partial charge on any atom is -0.494 e. The number of hydrogen-bond acceptors (Lipinski definition) is 4. The molecule has 0 aliphatic carbocycles. The van der Waals surface area contributed by atoms with Gasteiger partial charge in [0.2, 0.25) is 0 Å².